The number of halogens is 2. The first-order valence-corrected chi connectivity index (χ1v) is 9.19. The summed E-state index contributed by atoms with van der Waals surface area (Å²) in [5.41, 5.74) is -0.216. The number of benzene rings is 1. The molecule has 1 saturated heterocycles. The Balaban J connectivity index is 2.33. The van der Waals surface area contributed by atoms with Crippen LogP contribution in [-0.4, -0.2) is 62.4 Å². The lowest BCUT2D eigenvalue weighted by atomic mass is 10.1. The van der Waals surface area contributed by atoms with Crippen LogP contribution in [0.25, 0.3) is 0 Å². The van der Waals surface area contributed by atoms with Gasteiger partial charge < -0.3 is 10.0 Å². The molecule has 1 unspecified atom stereocenters. The van der Waals surface area contributed by atoms with Crippen molar-refractivity contribution < 1.29 is 18.3 Å². The second-order valence-corrected chi connectivity index (χ2v) is 8.58. The molecule has 0 saturated carbocycles. The molecule has 0 aromatic heterocycles. The van der Waals surface area contributed by atoms with Crippen molar-refractivity contribution >= 4 is 39.2 Å². The van der Waals surface area contributed by atoms with Crippen LogP contribution in [0.4, 0.5) is 0 Å². The zero-order valence-corrected chi connectivity index (χ0v) is 15.1. The van der Waals surface area contributed by atoms with Crippen LogP contribution in [0.3, 0.4) is 0 Å². The molecule has 0 radical (unpaired) electrons. The number of carbonyl (C=O) groups is 1. The maximum atomic E-state index is 12.7. The van der Waals surface area contributed by atoms with Crippen LogP contribution in [0.5, 0.6) is 0 Å². The molecule has 1 aliphatic heterocycles. The van der Waals surface area contributed by atoms with Crippen molar-refractivity contribution in [1.82, 2.24) is 9.21 Å². The number of rotatable bonds is 5. The molecule has 1 atom stereocenters. The summed E-state index contributed by atoms with van der Waals surface area (Å²) in [6.07, 6.45) is 0.917. The van der Waals surface area contributed by atoms with Crippen molar-refractivity contribution in [1.29, 1.82) is 0 Å². The highest BCUT2D eigenvalue weighted by Crippen LogP contribution is 2.33. The summed E-state index contributed by atoms with van der Waals surface area (Å²) in [4.78, 5) is 13.0. The van der Waals surface area contributed by atoms with E-state index in [1.54, 1.807) is 0 Å². The molecule has 6 nitrogen and oxygen atoms in total. The van der Waals surface area contributed by atoms with Crippen LogP contribution >= 0.6 is 23.2 Å². The van der Waals surface area contributed by atoms with Gasteiger partial charge in [-0.3, -0.25) is 0 Å². The van der Waals surface area contributed by atoms with Gasteiger partial charge in [0.15, 0.2) is 0 Å². The Morgan fingerprint density at radius 3 is 2.61 bits per heavy atom. The van der Waals surface area contributed by atoms with Gasteiger partial charge in [-0.2, -0.15) is 0 Å². The van der Waals surface area contributed by atoms with E-state index in [9.17, 15) is 13.2 Å². The van der Waals surface area contributed by atoms with Gasteiger partial charge in [-0.25, -0.2) is 17.5 Å². The molecule has 1 N–H and O–H groups in total. The predicted molar refractivity (Wildman–Crippen MR) is 88.8 cm³/mol. The molecule has 1 heterocycles. The monoisotopic (exact) mass is 380 g/mol. The number of aromatic carboxylic acids is 1. The van der Waals surface area contributed by atoms with Crippen molar-refractivity contribution in [3.05, 3.63) is 27.7 Å². The Kier molecular flexibility index (Phi) is 5.58. The van der Waals surface area contributed by atoms with Crippen molar-refractivity contribution in [2.75, 3.05) is 33.7 Å². The summed E-state index contributed by atoms with van der Waals surface area (Å²) in [6.45, 7) is 2.10. The molecule has 1 aromatic rings. The van der Waals surface area contributed by atoms with E-state index in [4.69, 9.17) is 28.3 Å². The molecular weight excluding hydrogens is 363 g/mol. The minimum atomic E-state index is -3.92. The Morgan fingerprint density at radius 2 is 2.09 bits per heavy atom. The fraction of sp³-hybridized carbons (Fsp3) is 0.500. The summed E-state index contributed by atoms with van der Waals surface area (Å²) in [6, 6.07) is 2.18. The summed E-state index contributed by atoms with van der Waals surface area (Å²) >= 11 is 11.9. The quantitative estimate of drug-likeness (QED) is 0.847. The molecule has 1 aromatic carbocycles. The van der Waals surface area contributed by atoms with E-state index in [0.29, 0.717) is 6.54 Å². The van der Waals surface area contributed by atoms with E-state index in [-0.39, 0.29) is 26.4 Å². The zero-order chi connectivity index (χ0) is 17.4. The van der Waals surface area contributed by atoms with Gasteiger partial charge >= 0.3 is 5.97 Å². The third-order valence-corrected chi connectivity index (χ3v) is 6.70. The standard InChI is InChI=1S/C14H18Cl2N2O4S/c1-17-4-3-9(7-17)8-18(2)23(21,22)12-6-10(14(19)20)5-11(15)13(12)16/h5-6,9H,3-4,7-8H2,1-2H3,(H,19,20). The van der Waals surface area contributed by atoms with E-state index < -0.39 is 16.0 Å². The number of nitrogens with zero attached hydrogens (tertiary/aromatic N) is 2. The highest BCUT2D eigenvalue weighted by molar-refractivity contribution is 7.89. The maximum Gasteiger partial charge on any atom is 0.335 e. The third kappa shape index (κ3) is 3.97. The lowest BCUT2D eigenvalue weighted by molar-refractivity contribution is 0.0696. The molecule has 1 fully saturated rings. The molecule has 0 amide bonds. The predicted octanol–water partition coefficient (Wildman–Crippen LogP) is 2.26. The summed E-state index contributed by atoms with van der Waals surface area (Å²) in [5, 5.41) is 8.81. The van der Waals surface area contributed by atoms with E-state index in [1.165, 1.54) is 11.4 Å². The molecule has 128 valence electrons. The number of carboxylic acid groups (broad SMARTS) is 1. The largest absolute Gasteiger partial charge is 0.478 e. The van der Waals surface area contributed by atoms with E-state index in [2.05, 4.69) is 4.90 Å². The van der Waals surface area contributed by atoms with Crippen molar-refractivity contribution in [3.8, 4) is 0 Å². The van der Waals surface area contributed by atoms with Gasteiger partial charge in [0.05, 0.1) is 15.6 Å². The maximum absolute atomic E-state index is 12.7. The summed E-state index contributed by atoms with van der Waals surface area (Å²) in [7, 11) is -0.467. The smallest absolute Gasteiger partial charge is 0.335 e. The second-order valence-electron chi connectivity index (χ2n) is 5.78. The van der Waals surface area contributed by atoms with Gasteiger partial charge in [-0.1, -0.05) is 23.2 Å². The van der Waals surface area contributed by atoms with Crippen LogP contribution in [-0.2, 0) is 10.0 Å². The molecular formula is C14H18Cl2N2O4S. The Hall–Kier alpha value is -0.860. The number of hydrogen-bond donors (Lipinski definition) is 1. The highest BCUT2D eigenvalue weighted by Gasteiger charge is 2.30. The number of sulfonamides is 1. The van der Waals surface area contributed by atoms with Crippen molar-refractivity contribution in [3.63, 3.8) is 0 Å². The Bertz CT molecular complexity index is 724. The SMILES string of the molecule is CN1CCC(CN(C)S(=O)(=O)c2cc(C(=O)O)cc(Cl)c2Cl)C1. The van der Waals surface area contributed by atoms with Crippen LogP contribution in [0.15, 0.2) is 17.0 Å². The molecule has 0 bridgehead atoms. The van der Waals surface area contributed by atoms with Crippen molar-refractivity contribution in [2.45, 2.75) is 11.3 Å². The highest BCUT2D eigenvalue weighted by atomic mass is 35.5. The third-order valence-electron chi connectivity index (χ3n) is 3.93. The van der Waals surface area contributed by atoms with Gasteiger partial charge in [0.25, 0.3) is 0 Å². The fourth-order valence-electron chi connectivity index (χ4n) is 2.68. The van der Waals surface area contributed by atoms with Gasteiger partial charge in [0.1, 0.15) is 4.90 Å². The van der Waals surface area contributed by atoms with E-state index >= 15 is 0 Å². The average molecular weight is 381 g/mol. The zero-order valence-electron chi connectivity index (χ0n) is 12.8. The van der Waals surface area contributed by atoms with E-state index in [1.807, 2.05) is 7.05 Å². The average Bonchev–Trinajstić information content (AvgIpc) is 2.86. The van der Waals surface area contributed by atoms with Gasteiger partial charge in [-0.15, -0.1) is 0 Å². The van der Waals surface area contributed by atoms with Crippen molar-refractivity contribution in [2.24, 2.45) is 5.92 Å². The van der Waals surface area contributed by atoms with Gasteiger partial charge in [0.2, 0.25) is 10.0 Å². The summed E-state index contributed by atoms with van der Waals surface area (Å²) < 4.78 is 26.7. The topological polar surface area (TPSA) is 77.9 Å². The lowest BCUT2D eigenvalue weighted by Crippen LogP contribution is -2.33. The first kappa shape index (κ1) is 18.5. The van der Waals surface area contributed by atoms with Crippen LogP contribution in [0.2, 0.25) is 10.0 Å². The van der Waals surface area contributed by atoms with Gasteiger partial charge in [0, 0.05) is 20.1 Å². The first-order chi connectivity index (χ1) is 10.6. The Labute approximate surface area is 145 Å². The van der Waals surface area contributed by atoms with Crippen LogP contribution in [0, 0.1) is 5.92 Å². The number of hydrogen-bond acceptors (Lipinski definition) is 4. The molecule has 1 aliphatic rings. The minimum absolute atomic E-state index is 0.0980. The fourth-order valence-corrected chi connectivity index (χ4v) is 4.71. The summed E-state index contributed by atoms with van der Waals surface area (Å²) in [5.74, 6) is -1.03. The molecule has 23 heavy (non-hydrogen) atoms. The molecule has 2 rings (SSSR count). The lowest BCUT2D eigenvalue weighted by Gasteiger charge is -2.22. The second kappa shape index (κ2) is 6.94. The van der Waals surface area contributed by atoms with Crippen LogP contribution in [0.1, 0.15) is 16.8 Å². The molecule has 9 heteroatoms. The minimum Gasteiger partial charge on any atom is -0.478 e. The molecule has 0 aliphatic carbocycles. The van der Waals surface area contributed by atoms with Gasteiger partial charge in [-0.05, 0) is 38.1 Å². The number of carboxylic acids is 1. The van der Waals surface area contributed by atoms with E-state index in [0.717, 1.165) is 31.6 Å². The first-order valence-electron chi connectivity index (χ1n) is 7.00. The normalized spacial score (nSPS) is 19.4. The number of likely N-dealkylation sites (tertiary alicyclic amines) is 1. The van der Waals surface area contributed by atoms with Crippen LogP contribution < -0.4 is 0 Å². The molecule has 0 spiro atoms. The Morgan fingerprint density at radius 1 is 1.43 bits per heavy atom.